The highest BCUT2D eigenvalue weighted by atomic mass is 31.2. The van der Waals surface area contributed by atoms with E-state index in [1.807, 2.05) is 0 Å². The second-order valence-corrected chi connectivity index (χ2v) is 14.4. The standard InChI is InChI=1S/2C7H10O7P2.C2H8N2/c2*8-6-4-2-1-3-5(6)7(15(9,10)11)16(12,13)14;3-1-2-4/h2*1-4,7-8H,(H2,9,10,11)(H2,12,13,14);1-4H2. The van der Waals surface area contributed by atoms with Crippen molar-refractivity contribution in [2.45, 2.75) is 10.8 Å². The Bertz CT molecular complexity index is 1040. The fraction of sp³-hybridized carbons (Fsp3) is 0.250. The van der Waals surface area contributed by atoms with Crippen LogP contribution in [0.2, 0.25) is 0 Å². The van der Waals surface area contributed by atoms with Gasteiger partial charge in [0.25, 0.3) is 0 Å². The maximum Gasteiger partial charge on any atom is 0.345 e. The minimum atomic E-state index is -5.07. The molecule has 0 aliphatic carbocycles. The van der Waals surface area contributed by atoms with Gasteiger partial charge in [-0.05, 0) is 12.1 Å². The van der Waals surface area contributed by atoms with E-state index in [1.165, 1.54) is 24.3 Å². The number of phenols is 2. The largest absolute Gasteiger partial charge is 0.508 e. The Kier molecular flexibility index (Phi) is 13.4. The van der Waals surface area contributed by atoms with Crippen LogP contribution in [0, 0.1) is 0 Å². The van der Waals surface area contributed by atoms with Gasteiger partial charge in [-0.1, -0.05) is 36.4 Å². The fourth-order valence-corrected chi connectivity index (χ4v) is 7.99. The van der Waals surface area contributed by atoms with Crippen LogP contribution in [0.1, 0.15) is 21.9 Å². The molecule has 0 aliphatic heterocycles. The van der Waals surface area contributed by atoms with E-state index in [2.05, 4.69) is 0 Å². The molecule has 0 amide bonds. The minimum absolute atomic E-state index is 0.468. The van der Waals surface area contributed by atoms with Crippen molar-refractivity contribution in [2.75, 3.05) is 13.1 Å². The van der Waals surface area contributed by atoms with Crippen molar-refractivity contribution in [1.29, 1.82) is 0 Å². The summed E-state index contributed by atoms with van der Waals surface area (Å²) < 4.78 is 44.1. The van der Waals surface area contributed by atoms with Crippen molar-refractivity contribution in [1.82, 2.24) is 0 Å². The lowest BCUT2D eigenvalue weighted by Crippen LogP contribution is -2.11. The first-order chi connectivity index (χ1) is 16.2. The van der Waals surface area contributed by atoms with E-state index in [9.17, 15) is 28.5 Å². The summed E-state index contributed by atoms with van der Waals surface area (Å²) in [4.78, 5) is 71.2. The molecule has 0 bridgehead atoms. The van der Waals surface area contributed by atoms with Crippen molar-refractivity contribution in [3.63, 3.8) is 0 Å². The normalized spacial score (nSPS) is 12.4. The lowest BCUT2D eigenvalue weighted by Gasteiger charge is -2.20. The Morgan fingerprint density at radius 3 is 0.917 bits per heavy atom. The Hall–Kier alpha value is -1.44. The van der Waals surface area contributed by atoms with Crippen LogP contribution in [0.3, 0.4) is 0 Å². The lowest BCUT2D eigenvalue weighted by molar-refractivity contribution is 0.333. The van der Waals surface area contributed by atoms with Crippen molar-refractivity contribution in [3.05, 3.63) is 59.7 Å². The second kappa shape index (κ2) is 13.9. The molecule has 14 N–H and O–H groups in total. The fourth-order valence-electron chi connectivity index (χ4n) is 2.53. The van der Waals surface area contributed by atoms with E-state index in [-0.39, 0.29) is 0 Å². The molecule has 0 aliphatic rings. The predicted octanol–water partition coefficient (Wildman–Crippen LogP) is 0.396. The number of phenolic OH excluding ortho intramolecular Hbond substituents is 2. The maximum atomic E-state index is 11.0. The summed E-state index contributed by atoms with van der Waals surface area (Å²) in [5, 5.41) is 14.0. The van der Waals surface area contributed by atoms with E-state index >= 15 is 0 Å². The first kappa shape index (κ1) is 34.6. The molecule has 2 aromatic carbocycles. The molecule has 0 radical (unpaired) electrons. The highest BCUT2D eigenvalue weighted by Crippen LogP contribution is 2.71. The van der Waals surface area contributed by atoms with Gasteiger partial charge < -0.3 is 60.8 Å². The first-order valence-corrected chi connectivity index (χ1v) is 16.1. The van der Waals surface area contributed by atoms with Crippen molar-refractivity contribution in [2.24, 2.45) is 11.5 Å². The van der Waals surface area contributed by atoms with Gasteiger partial charge in [0.05, 0.1) is 0 Å². The zero-order valence-corrected chi connectivity index (χ0v) is 21.8. The number of hydrogen-bond acceptors (Lipinski definition) is 8. The molecular weight excluding hydrogens is 568 g/mol. The topological polar surface area (TPSA) is 323 Å². The van der Waals surface area contributed by atoms with Gasteiger partial charge in [-0.15, -0.1) is 0 Å². The van der Waals surface area contributed by atoms with Crippen molar-refractivity contribution in [3.8, 4) is 11.5 Å². The molecule has 0 heterocycles. The van der Waals surface area contributed by atoms with E-state index in [4.69, 9.17) is 50.6 Å². The summed E-state index contributed by atoms with van der Waals surface area (Å²) in [5.74, 6) is -1.14. The van der Waals surface area contributed by atoms with E-state index < -0.39 is 63.8 Å². The van der Waals surface area contributed by atoms with Crippen LogP contribution in [-0.2, 0) is 18.3 Å². The molecule has 206 valence electrons. The Morgan fingerprint density at radius 1 is 0.528 bits per heavy atom. The minimum Gasteiger partial charge on any atom is -0.508 e. The second-order valence-electron chi connectivity index (χ2n) is 6.80. The van der Waals surface area contributed by atoms with Gasteiger partial charge in [0.1, 0.15) is 11.5 Å². The number of benzene rings is 2. The molecule has 0 atom stereocenters. The molecule has 2 rings (SSSR count). The third kappa shape index (κ3) is 11.3. The molecule has 36 heavy (non-hydrogen) atoms. The summed E-state index contributed by atoms with van der Waals surface area (Å²) in [5.41, 5.74) is 8.87. The molecule has 0 aromatic heterocycles. The van der Waals surface area contributed by atoms with Crippen LogP contribution in [0.4, 0.5) is 0 Å². The van der Waals surface area contributed by atoms with Gasteiger partial charge in [0.15, 0.2) is 10.8 Å². The summed E-state index contributed by atoms with van der Waals surface area (Å²) in [6.45, 7) is 1.19. The Morgan fingerprint density at radius 2 is 0.750 bits per heavy atom. The van der Waals surface area contributed by atoms with Crippen LogP contribution in [0.5, 0.6) is 11.5 Å². The summed E-state index contributed by atoms with van der Waals surface area (Å²) in [6, 6.07) is 9.66. The molecule has 0 spiro atoms. The van der Waals surface area contributed by atoms with Gasteiger partial charge >= 0.3 is 30.4 Å². The lowest BCUT2D eigenvalue weighted by atomic mass is 10.2. The molecular formula is C16H28N2O14P4. The first-order valence-electron chi connectivity index (χ1n) is 9.36. The van der Waals surface area contributed by atoms with Gasteiger partial charge in [0, 0.05) is 24.2 Å². The van der Waals surface area contributed by atoms with Gasteiger partial charge in [-0.2, -0.15) is 0 Å². The monoisotopic (exact) mass is 596 g/mol. The number of rotatable bonds is 7. The average molecular weight is 596 g/mol. The summed E-state index contributed by atoms with van der Waals surface area (Å²) >= 11 is 0. The van der Waals surface area contributed by atoms with Crippen LogP contribution in [0.25, 0.3) is 0 Å². The van der Waals surface area contributed by atoms with Gasteiger partial charge in [-0.25, -0.2) is 0 Å². The Balaban J connectivity index is 0.000000593. The highest BCUT2D eigenvalue weighted by molar-refractivity contribution is 7.70. The summed E-state index contributed by atoms with van der Waals surface area (Å²) in [7, 11) is -20.3. The quantitative estimate of drug-likeness (QED) is 0.192. The van der Waals surface area contributed by atoms with Crippen LogP contribution in [-0.4, -0.2) is 62.4 Å². The Labute approximate surface area is 204 Å². The summed E-state index contributed by atoms with van der Waals surface area (Å²) in [6.07, 6.45) is 0. The van der Waals surface area contributed by atoms with Gasteiger partial charge in [0.2, 0.25) is 0 Å². The van der Waals surface area contributed by atoms with Crippen LogP contribution < -0.4 is 11.5 Å². The zero-order chi connectivity index (χ0) is 28.5. The maximum absolute atomic E-state index is 11.0. The van der Waals surface area contributed by atoms with Crippen LogP contribution in [0.15, 0.2) is 48.5 Å². The molecule has 0 saturated heterocycles. The number of aromatic hydroxyl groups is 2. The number of nitrogens with two attached hydrogens (primary N) is 2. The van der Waals surface area contributed by atoms with Gasteiger partial charge in [-0.3, -0.25) is 18.3 Å². The SMILES string of the molecule is NCCN.O=P(O)(O)C(c1ccccc1O)P(=O)(O)O.O=P(O)(O)C(c1ccccc1O)P(=O)(O)O. The van der Waals surface area contributed by atoms with E-state index in [0.29, 0.717) is 13.1 Å². The number of para-hydroxylation sites is 2. The van der Waals surface area contributed by atoms with Crippen LogP contribution >= 0.6 is 30.4 Å². The predicted molar refractivity (Wildman–Crippen MR) is 128 cm³/mol. The van der Waals surface area contributed by atoms with Crippen molar-refractivity contribution >= 4 is 30.4 Å². The third-order valence-electron chi connectivity index (χ3n) is 3.87. The highest BCUT2D eigenvalue weighted by Gasteiger charge is 2.46. The number of hydrogen-bond donors (Lipinski definition) is 12. The average Bonchev–Trinajstić information content (AvgIpc) is 2.68. The molecule has 2 aromatic rings. The molecule has 0 unspecified atom stereocenters. The van der Waals surface area contributed by atoms with E-state index in [0.717, 1.165) is 24.3 Å². The third-order valence-corrected chi connectivity index (χ3v) is 11.1. The zero-order valence-electron chi connectivity index (χ0n) is 18.2. The smallest absolute Gasteiger partial charge is 0.345 e. The molecule has 16 nitrogen and oxygen atoms in total. The van der Waals surface area contributed by atoms with E-state index in [1.54, 1.807) is 0 Å². The van der Waals surface area contributed by atoms with Crippen molar-refractivity contribution < 1.29 is 67.6 Å². The molecule has 0 saturated carbocycles. The molecule has 0 fully saturated rings. The molecule has 20 heteroatoms.